The molecule has 4 nitrogen and oxygen atoms in total. The Hall–Kier alpha value is -1.88. The Morgan fingerprint density at radius 3 is 2.75 bits per heavy atom. The summed E-state index contributed by atoms with van der Waals surface area (Å²) < 4.78 is 0. The highest BCUT2D eigenvalue weighted by molar-refractivity contribution is 7.09. The molecule has 20 heavy (non-hydrogen) atoms. The molecule has 1 heterocycles. The molecule has 2 N–H and O–H groups in total. The second-order valence-electron chi connectivity index (χ2n) is 4.56. The smallest absolute Gasteiger partial charge is 0.315 e. The molecule has 0 saturated heterocycles. The van der Waals surface area contributed by atoms with Gasteiger partial charge < -0.3 is 10.6 Å². The number of thiazole rings is 1. The van der Waals surface area contributed by atoms with Gasteiger partial charge in [-0.05, 0) is 18.9 Å². The third-order valence-electron chi connectivity index (χ3n) is 2.95. The van der Waals surface area contributed by atoms with Crippen molar-refractivity contribution in [2.45, 2.75) is 32.9 Å². The number of rotatable bonds is 5. The molecule has 0 radical (unpaired) electrons. The van der Waals surface area contributed by atoms with Crippen LogP contribution in [0.15, 0.2) is 35.7 Å². The van der Waals surface area contributed by atoms with Crippen LogP contribution in [-0.4, -0.2) is 11.0 Å². The Morgan fingerprint density at radius 2 is 2.10 bits per heavy atom. The number of aromatic nitrogens is 1. The van der Waals surface area contributed by atoms with Crippen LogP contribution in [0, 0.1) is 0 Å². The average molecular weight is 289 g/mol. The molecule has 0 aliphatic heterocycles. The van der Waals surface area contributed by atoms with Crippen LogP contribution < -0.4 is 10.6 Å². The van der Waals surface area contributed by atoms with E-state index < -0.39 is 0 Å². The van der Waals surface area contributed by atoms with Crippen LogP contribution in [-0.2, 0) is 13.0 Å². The van der Waals surface area contributed by atoms with E-state index in [4.69, 9.17) is 0 Å². The van der Waals surface area contributed by atoms with Gasteiger partial charge in [-0.2, -0.15) is 0 Å². The maximum absolute atomic E-state index is 11.8. The summed E-state index contributed by atoms with van der Waals surface area (Å²) in [6, 6.07) is 9.60. The van der Waals surface area contributed by atoms with E-state index in [2.05, 4.69) is 22.5 Å². The zero-order valence-electron chi connectivity index (χ0n) is 11.7. The first kappa shape index (κ1) is 14.5. The monoisotopic (exact) mass is 289 g/mol. The van der Waals surface area contributed by atoms with Gasteiger partial charge in [-0.1, -0.05) is 37.3 Å². The van der Waals surface area contributed by atoms with Gasteiger partial charge in [-0.25, -0.2) is 9.78 Å². The number of urea groups is 1. The lowest BCUT2D eigenvalue weighted by molar-refractivity contribution is 0.237. The van der Waals surface area contributed by atoms with Crippen molar-refractivity contribution in [2.24, 2.45) is 0 Å². The van der Waals surface area contributed by atoms with Crippen LogP contribution in [0.4, 0.5) is 4.79 Å². The Balaban J connectivity index is 1.82. The Kier molecular flexibility index (Phi) is 5.12. The van der Waals surface area contributed by atoms with Crippen LogP contribution in [0.1, 0.15) is 36.2 Å². The quantitative estimate of drug-likeness (QED) is 0.887. The van der Waals surface area contributed by atoms with E-state index >= 15 is 0 Å². The summed E-state index contributed by atoms with van der Waals surface area (Å²) in [7, 11) is 0. The lowest BCUT2D eigenvalue weighted by Gasteiger charge is -2.12. The van der Waals surface area contributed by atoms with Crippen molar-refractivity contribution >= 4 is 17.4 Å². The molecule has 0 bridgehead atoms. The molecule has 5 heteroatoms. The highest BCUT2D eigenvalue weighted by Gasteiger charge is 2.12. The highest BCUT2D eigenvalue weighted by Crippen LogP contribution is 2.17. The van der Waals surface area contributed by atoms with Crippen molar-refractivity contribution in [3.63, 3.8) is 0 Å². The van der Waals surface area contributed by atoms with E-state index in [0.29, 0.717) is 6.54 Å². The SMILES string of the molecule is CCc1csc(C(C)NC(=O)NCc2ccccc2)n1. The van der Waals surface area contributed by atoms with E-state index in [0.717, 1.165) is 22.7 Å². The van der Waals surface area contributed by atoms with Crippen LogP contribution in [0.5, 0.6) is 0 Å². The molecular formula is C15H19N3OS. The van der Waals surface area contributed by atoms with Gasteiger partial charge in [-0.3, -0.25) is 0 Å². The fourth-order valence-electron chi connectivity index (χ4n) is 1.77. The van der Waals surface area contributed by atoms with Gasteiger partial charge in [0.2, 0.25) is 0 Å². The number of benzene rings is 1. The zero-order valence-corrected chi connectivity index (χ0v) is 12.5. The summed E-state index contributed by atoms with van der Waals surface area (Å²) in [6.45, 7) is 4.54. The standard InChI is InChI=1S/C15H19N3OS/c1-3-13-10-20-14(18-13)11(2)17-15(19)16-9-12-7-5-4-6-8-12/h4-8,10-11H,3,9H2,1-2H3,(H2,16,17,19). The molecule has 1 aromatic heterocycles. The second kappa shape index (κ2) is 7.05. The molecule has 0 saturated carbocycles. The fraction of sp³-hybridized carbons (Fsp3) is 0.333. The summed E-state index contributed by atoms with van der Waals surface area (Å²) in [5, 5.41) is 8.73. The number of carbonyl (C=O) groups is 1. The third-order valence-corrected chi connectivity index (χ3v) is 4.02. The molecule has 0 spiro atoms. The van der Waals surface area contributed by atoms with E-state index in [1.54, 1.807) is 11.3 Å². The van der Waals surface area contributed by atoms with Crippen molar-refractivity contribution < 1.29 is 4.79 Å². The highest BCUT2D eigenvalue weighted by atomic mass is 32.1. The van der Waals surface area contributed by atoms with Crippen LogP contribution in [0.2, 0.25) is 0 Å². The fourth-order valence-corrected chi connectivity index (χ4v) is 2.68. The minimum absolute atomic E-state index is 0.0731. The minimum Gasteiger partial charge on any atom is -0.334 e. The van der Waals surface area contributed by atoms with Gasteiger partial charge in [0.05, 0.1) is 11.7 Å². The van der Waals surface area contributed by atoms with Crippen LogP contribution in [0.3, 0.4) is 0 Å². The Labute approximate surface area is 123 Å². The number of amides is 2. The maximum atomic E-state index is 11.8. The van der Waals surface area contributed by atoms with Gasteiger partial charge in [0, 0.05) is 11.9 Å². The molecule has 0 aliphatic carbocycles. The predicted molar refractivity (Wildman–Crippen MR) is 81.7 cm³/mol. The van der Waals surface area contributed by atoms with E-state index in [1.165, 1.54) is 0 Å². The summed E-state index contributed by atoms with van der Waals surface area (Å²) in [5.41, 5.74) is 2.15. The van der Waals surface area contributed by atoms with Crippen molar-refractivity contribution in [2.75, 3.05) is 0 Å². The number of hydrogen-bond acceptors (Lipinski definition) is 3. The molecule has 2 rings (SSSR count). The largest absolute Gasteiger partial charge is 0.334 e. The summed E-state index contributed by atoms with van der Waals surface area (Å²) in [5.74, 6) is 0. The van der Waals surface area contributed by atoms with Gasteiger partial charge in [0.25, 0.3) is 0 Å². The normalized spacial score (nSPS) is 11.9. The first-order valence-corrected chi connectivity index (χ1v) is 7.59. The summed E-state index contributed by atoms with van der Waals surface area (Å²) in [4.78, 5) is 16.3. The van der Waals surface area contributed by atoms with Crippen molar-refractivity contribution in [3.05, 3.63) is 52.0 Å². The molecule has 2 amide bonds. The van der Waals surface area contributed by atoms with Crippen molar-refractivity contribution in [1.29, 1.82) is 0 Å². The molecule has 106 valence electrons. The molecule has 0 fully saturated rings. The summed E-state index contributed by atoms with van der Waals surface area (Å²) >= 11 is 1.59. The number of nitrogens with one attached hydrogen (secondary N) is 2. The zero-order chi connectivity index (χ0) is 14.4. The molecule has 1 atom stereocenters. The van der Waals surface area contributed by atoms with Gasteiger partial charge in [0.1, 0.15) is 5.01 Å². The number of nitrogens with zero attached hydrogens (tertiary/aromatic N) is 1. The van der Waals surface area contributed by atoms with Gasteiger partial charge in [-0.15, -0.1) is 11.3 Å². The number of hydrogen-bond donors (Lipinski definition) is 2. The lowest BCUT2D eigenvalue weighted by Crippen LogP contribution is -2.36. The van der Waals surface area contributed by atoms with Gasteiger partial charge >= 0.3 is 6.03 Å². The topological polar surface area (TPSA) is 54.0 Å². The Bertz CT molecular complexity index is 553. The number of aryl methyl sites for hydroxylation is 1. The average Bonchev–Trinajstić information content (AvgIpc) is 2.95. The molecule has 1 aromatic carbocycles. The second-order valence-corrected chi connectivity index (χ2v) is 5.45. The van der Waals surface area contributed by atoms with Crippen molar-refractivity contribution in [3.8, 4) is 0 Å². The van der Waals surface area contributed by atoms with E-state index in [1.807, 2.05) is 42.6 Å². The predicted octanol–water partition coefficient (Wildman–Crippen LogP) is 3.27. The van der Waals surface area contributed by atoms with E-state index in [9.17, 15) is 4.79 Å². The summed E-state index contributed by atoms with van der Waals surface area (Å²) in [6.07, 6.45) is 0.920. The van der Waals surface area contributed by atoms with Gasteiger partial charge in [0.15, 0.2) is 0 Å². The van der Waals surface area contributed by atoms with E-state index in [-0.39, 0.29) is 12.1 Å². The minimum atomic E-state index is -0.172. The first-order chi connectivity index (χ1) is 9.69. The van der Waals surface area contributed by atoms with Crippen LogP contribution in [0.25, 0.3) is 0 Å². The molecule has 0 aliphatic rings. The molecule has 2 aromatic rings. The van der Waals surface area contributed by atoms with Crippen LogP contribution >= 0.6 is 11.3 Å². The molecule has 1 unspecified atom stereocenters. The van der Waals surface area contributed by atoms with Crippen molar-refractivity contribution in [1.82, 2.24) is 15.6 Å². The third kappa shape index (κ3) is 4.06. The maximum Gasteiger partial charge on any atom is 0.315 e. The molecular weight excluding hydrogens is 270 g/mol. The number of carbonyl (C=O) groups excluding carboxylic acids is 1. The lowest BCUT2D eigenvalue weighted by atomic mass is 10.2. The Morgan fingerprint density at radius 1 is 1.35 bits per heavy atom. The first-order valence-electron chi connectivity index (χ1n) is 6.71.